The van der Waals surface area contributed by atoms with Gasteiger partial charge >= 0.3 is 23.9 Å². The number of benzene rings is 2. The molecule has 10 unspecified atom stereocenters. The average molecular weight is 653 g/mol. The fourth-order valence-electron chi connectivity index (χ4n) is 8.10. The first kappa shape index (κ1) is 34.5. The molecule has 1 saturated heterocycles. The van der Waals surface area contributed by atoms with E-state index in [0.29, 0.717) is 6.42 Å². The predicted octanol–water partition coefficient (Wildman–Crippen LogP) is 4.03. The highest BCUT2D eigenvalue weighted by molar-refractivity contribution is 5.90. The fraction of sp³-hybridized carbons (Fsp3) is 0.556. The van der Waals surface area contributed by atoms with Crippen molar-refractivity contribution >= 4 is 23.9 Å². The van der Waals surface area contributed by atoms with Crippen molar-refractivity contribution in [2.75, 3.05) is 0 Å². The highest BCUT2D eigenvalue weighted by Gasteiger charge is 2.86. The third-order valence-corrected chi connectivity index (χ3v) is 10.4. The molecule has 2 aromatic rings. The summed E-state index contributed by atoms with van der Waals surface area (Å²) < 4.78 is 31.1. The van der Waals surface area contributed by atoms with Crippen LogP contribution < -0.4 is 0 Å². The lowest BCUT2D eigenvalue weighted by Crippen LogP contribution is -2.83. The van der Waals surface area contributed by atoms with Crippen molar-refractivity contribution in [3.63, 3.8) is 0 Å². The molecule has 2 aromatic carbocycles. The normalized spacial score (nSPS) is 35.9. The second-order valence-electron chi connectivity index (χ2n) is 13.9. The smallest absolute Gasteiger partial charge is 0.338 e. The molecule has 3 fully saturated rings. The lowest BCUT2D eigenvalue weighted by atomic mass is 9.46. The van der Waals surface area contributed by atoms with Crippen LogP contribution in [0.3, 0.4) is 0 Å². The number of hydrogen-bond acceptors (Lipinski definition) is 11. The Balaban J connectivity index is 1.75. The number of aliphatic hydroxyl groups is 2. The number of aliphatic hydroxyl groups excluding tert-OH is 1. The maximum Gasteiger partial charge on any atom is 0.338 e. The van der Waals surface area contributed by atoms with E-state index in [2.05, 4.69) is 0 Å². The van der Waals surface area contributed by atoms with Gasteiger partial charge in [-0.25, -0.2) is 9.59 Å². The Hall–Kier alpha value is -3.80. The van der Waals surface area contributed by atoms with Gasteiger partial charge in [0.2, 0.25) is 0 Å². The van der Waals surface area contributed by atoms with Gasteiger partial charge in [-0.15, -0.1) is 0 Å². The van der Waals surface area contributed by atoms with E-state index in [1.54, 1.807) is 88.4 Å². The van der Waals surface area contributed by atoms with Gasteiger partial charge < -0.3 is 33.9 Å². The van der Waals surface area contributed by atoms with E-state index in [0.717, 1.165) is 0 Å². The van der Waals surface area contributed by atoms with Crippen molar-refractivity contribution in [3.05, 3.63) is 71.8 Å². The zero-order chi connectivity index (χ0) is 34.5. The molecule has 11 nitrogen and oxygen atoms in total. The van der Waals surface area contributed by atoms with E-state index in [4.69, 9.17) is 23.7 Å². The van der Waals surface area contributed by atoms with Crippen LogP contribution in [-0.2, 0) is 33.3 Å². The zero-order valence-corrected chi connectivity index (χ0v) is 27.8. The molecule has 0 aromatic heterocycles. The fourth-order valence-corrected chi connectivity index (χ4v) is 8.10. The van der Waals surface area contributed by atoms with E-state index >= 15 is 0 Å². The summed E-state index contributed by atoms with van der Waals surface area (Å²) >= 11 is 0. The summed E-state index contributed by atoms with van der Waals surface area (Å²) in [5, 5.41) is 24.7. The Bertz CT molecular complexity index is 1510. The summed E-state index contributed by atoms with van der Waals surface area (Å²) in [5.41, 5.74) is -6.66. The monoisotopic (exact) mass is 652 g/mol. The summed E-state index contributed by atoms with van der Waals surface area (Å²) in [6, 6.07) is 16.3. The van der Waals surface area contributed by atoms with Crippen molar-refractivity contribution in [3.8, 4) is 0 Å². The van der Waals surface area contributed by atoms with Crippen molar-refractivity contribution < 1.29 is 53.1 Å². The Kier molecular flexibility index (Phi) is 9.06. The number of carbonyl (C=O) groups is 4. The molecule has 47 heavy (non-hydrogen) atoms. The molecule has 0 radical (unpaired) electrons. The van der Waals surface area contributed by atoms with Gasteiger partial charge in [0.15, 0.2) is 12.2 Å². The SMILES string of the molecule is CCC(C)C(=O)OC1CC(C)(O)C23OC(C)(C)C(C(OC(=O)c4ccccc4)C(OC(=O)c4ccccc4)C2(C)C1OC(C)=O)C3O. The Morgan fingerprint density at radius 3 is 1.89 bits per heavy atom. The Labute approximate surface area is 274 Å². The van der Waals surface area contributed by atoms with E-state index in [1.165, 1.54) is 13.8 Å². The number of fused-ring (bicyclic) bond motifs is 1. The molecule has 10 atom stereocenters. The molecule has 1 spiro atoms. The van der Waals surface area contributed by atoms with Crippen LogP contribution in [0.1, 0.15) is 82.0 Å². The molecule has 1 heterocycles. The highest BCUT2D eigenvalue weighted by Crippen LogP contribution is 2.68. The largest absolute Gasteiger partial charge is 0.458 e. The first-order chi connectivity index (χ1) is 22.0. The highest BCUT2D eigenvalue weighted by atomic mass is 16.6. The number of rotatable bonds is 8. The second kappa shape index (κ2) is 12.3. The van der Waals surface area contributed by atoms with Gasteiger partial charge in [-0.05, 0) is 58.4 Å². The minimum atomic E-state index is -1.97. The minimum absolute atomic E-state index is 0.184. The van der Waals surface area contributed by atoms with E-state index < -0.39 is 88.5 Å². The van der Waals surface area contributed by atoms with Crippen molar-refractivity contribution in [1.29, 1.82) is 0 Å². The van der Waals surface area contributed by atoms with Crippen LogP contribution in [0.4, 0.5) is 0 Å². The lowest BCUT2D eigenvalue weighted by molar-refractivity contribution is -0.351. The van der Waals surface area contributed by atoms with Gasteiger partial charge in [0, 0.05) is 13.3 Å². The summed E-state index contributed by atoms with van der Waals surface area (Å²) in [6.07, 6.45) is -6.89. The molecule has 2 bridgehead atoms. The van der Waals surface area contributed by atoms with Crippen molar-refractivity contribution in [1.82, 2.24) is 0 Å². The summed E-state index contributed by atoms with van der Waals surface area (Å²) in [7, 11) is 0. The molecule has 2 N–H and O–H groups in total. The molecule has 2 saturated carbocycles. The quantitative estimate of drug-likeness (QED) is 0.314. The molecule has 2 aliphatic carbocycles. The number of carbonyl (C=O) groups excluding carboxylic acids is 4. The Morgan fingerprint density at radius 1 is 0.851 bits per heavy atom. The number of hydrogen-bond donors (Lipinski definition) is 2. The standard InChI is InChI=1S/C36H44O11/c1-8-20(2)30(39)44-24-19-34(6,42)36-27(38)25(33(4,5)47-36)26(45-31(40)22-15-11-9-12-16-22)29(35(36,7)28(24)43-21(3)37)46-32(41)23-17-13-10-14-18-23/h9-18,20,24-29,38,42H,8,19H2,1-7H3. The molecule has 0 amide bonds. The van der Waals surface area contributed by atoms with Crippen molar-refractivity contribution in [2.24, 2.45) is 17.3 Å². The predicted molar refractivity (Wildman–Crippen MR) is 167 cm³/mol. The summed E-state index contributed by atoms with van der Waals surface area (Å²) in [5.74, 6) is -4.43. The molecule has 5 rings (SSSR count). The lowest BCUT2D eigenvalue weighted by Gasteiger charge is -2.65. The molecule has 11 heteroatoms. The van der Waals surface area contributed by atoms with Crippen LogP contribution in [0.15, 0.2) is 60.7 Å². The molecule has 1 aliphatic heterocycles. The molecule has 3 aliphatic rings. The Morgan fingerprint density at radius 2 is 1.38 bits per heavy atom. The van der Waals surface area contributed by atoms with Gasteiger partial charge in [0.05, 0.1) is 45.7 Å². The summed E-state index contributed by atoms with van der Waals surface area (Å²) in [6.45, 7) is 11.1. The van der Waals surface area contributed by atoms with Crippen LogP contribution in [0, 0.1) is 17.3 Å². The minimum Gasteiger partial charge on any atom is -0.458 e. The third-order valence-electron chi connectivity index (χ3n) is 10.4. The van der Waals surface area contributed by atoms with Crippen LogP contribution in [0.2, 0.25) is 0 Å². The molecular formula is C36H44O11. The average Bonchev–Trinajstić information content (AvgIpc) is 3.22. The van der Waals surface area contributed by atoms with Crippen LogP contribution in [-0.4, -0.2) is 81.4 Å². The molecule has 254 valence electrons. The first-order valence-corrected chi connectivity index (χ1v) is 16.0. The van der Waals surface area contributed by atoms with Crippen LogP contribution in [0.5, 0.6) is 0 Å². The van der Waals surface area contributed by atoms with E-state index in [-0.39, 0.29) is 17.5 Å². The maximum absolute atomic E-state index is 13.9. The van der Waals surface area contributed by atoms with Gasteiger partial charge in [0.25, 0.3) is 0 Å². The van der Waals surface area contributed by atoms with Gasteiger partial charge in [-0.3, -0.25) is 9.59 Å². The third kappa shape index (κ3) is 5.52. The summed E-state index contributed by atoms with van der Waals surface area (Å²) in [4.78, 5) is 53.5. The van der Waals surface area contributed by atoms with Gasteiger partial charge in [-0.1, -0.05) is 50.2 Å². The van der Waals surface area contributed by atoms with E-state index in [9.17, 15) is 29.4 Å². The van der Waals surface area contributed by atoms with Crippen LogP contribution in [0.25, 0.3) is 0 Å². The second-order valence-corrected chi connectivity index (χ2v) is 13.9. The van der Waals surface area contributed by atoms with E-state index in [1.807, 2.05) is 6.92 Å². The van der Waals surface area contributed by atoms with Crippen LogP contribution >= 0.6 is 0 Å². The number of esters is 4. The number of ether oxygens (including phenoxy) is 5. The van der Waals surface area contributed by atoms with Crippen molar-refractivity contribution in [2.45, 2.75) is 109 Å². The maximum atomic E-state index is 13.9. The van der Waals surface area contributed by atoms with Gasteiger partial charge in [0.1, 0.15) is 17.8 Å². The topological polar surface area (TPSA) is 155 Å². The molecular weight excluding hydrogens is 608 g/mol. The first-order valence-electron chi connectivity index (χ1n) is 16.0. The zero-order valence-electron chi connectivity index (χ0n) is 27.8. The van der Waals surface area contributed by atoms with Gasteiger partial charge in [-0.2, -0.15) is 0 Å².